The molecule has 0 bridgehead atoms. The standard InChI is InChI=1S/C19H25NO/c1-14(2)18(13-21)20-19(16-10-5-4-6-11-16)17-12-8-7-9-15(17)3/h4-12,14,18-21H,13H2,1-3H3/t18-,19?/m1/s1. The number of hydrogen-bond donors (Lipinski definition) is 2. The van der Waals surface area contributed by atoms with E-state index in [0.29, 0.717) is 5.92 Å². The summed E-state index contributed by atoms with van der Waals surface area (Å²) in [6.07, 6.45) is 0. The Bertz CT molecular complexity index is 551. The topological polar surface area (TPSA) is 32.3 Å². The van der Waals surface area contributed by atoms with Crippen LogP contribution in [-0.4, -0.2) is 17.8 Å². The molecular weight excluding hydrogens is 258 g/mol. The fourth-order valence-corrected chi connectivity index (χ4v) is 2.59. The number of nitrogens with one attached hydrogen (secondary N) is 1. The van der Waals surface area contributed by atoms with Crippen LogP contribution in [0, 0.1) is 12.8 Å². The SMILES string of the molecule is Cc1ccccc1C(N[C@H](CO)C(C)C)c1ccccc1. The molecule has 0 saturated carbocycles. The van der Waals surface area contributed by atoms with Gasteiger partial charge in [-0.2, -0.15) is 0 Å². The highest BCUT2D eigenvalue weighted by Crippen LogP contribution is 2.26. The number of hydrogen-bond acceptors (Lipinski definition) is 2. The van der Waals surface area contributed by atoms with Gasteiger partial charge < -0.3 is 10.4 Å². The second-order valence-electron chi connectivity index (χ2n) is 5.90. The zero-order valence-corrected chi connectivity index (χ0v) is 13.1. The predicted molar refractivity (Wildman–Crippen MR) is 88.3 cm³/mol. The molecule has 0 spiro atoms. The Morgan fingerprint density at radius 1 is 0.952 bits per heavy atom. The predicted octanol–water partition coefficient (Wildman–Crippen LogP) is 3.69. The fourth-order valence-electron chi connectivity index (χ4n) is 2.59. The summed E-state index contributed by atoms with van der Waals surface area (Å²) in [6.45, 7) is 6.55. The largest absolute Gasteiger partial charge is 0.395 e. The number of aliphatic hydroxyl groups is 1. The molecule has 2 N–H and O–H groups in total. The van der Waals surface area contributed by atoms with Crippen LogP contribution in [0.25, 0.3) is 0 Å². The van der Waals surface area contributed by atoms with E-state index in [1.165, 1.54) is 16.7 Å². The molecule has 0 heterocycles. The maximum Gasteiger partial charge on any atom is 0.0587 e. The summed E-state index contributed by atoms with van der Waals surface area (Å²) in [5, 5.41) is 13.3. The molecule has 2 aromatic carbocycles. The fraction of sp³-hybridized carbons (Fsp3) is 0.368. The van der Waals surface area contributed by atoms with E-state index in [1.807, 2.05) is 6.07 Å². The van der Waals surface area contributed by atoms with Crippen LogP contribution in [-0.2, 0) is 0 Å². The molecule has 0 aliphatic heterocycles. The lowest BCUT2D eigenvalue weighted by molar-refractivity contribution is 0.204. The lowest BCUT2D eigenvalue weighted by Gasteiger charge is -2.29. The highest BCUT2D eigenvalue weighted by atomic mass is 16.3. The Balaban J connectivity index is 2.38. The Kier molecular flexibility index (Phi) is 5.54. The maximum absolute atomic E-state index is 9.65. The number of aliphatic hydroxyl groups excluding tert-OH is 1. The zero-order chi connectivity index (χ0) is 15.2. The number of aryl methyl sites for hydroxylation is 1. The molecule has 21 heavy (non-hydrogen) atoms. The van der Waals surface area contributed by atoms with E-state index in [2.05, 4.69) is 74.6 Å². The molecule has 0 aromatic heterocycles. The summed E-state index contributed by atoms with van der Waals surface area (Å²) < 4.78 is 0. The van der Waals surface area contributed by atoms with Gasteiger partial charge in [-0.15, -0.1) is 0 Å². The van der Waals surface area contributed by atoms with E-state index >= 15 is 0 Å². The summed E-state index contributed by atoms with van der Waals surface area (Å²) in [5.74, 6) is 0.380. The molecule has 2 aromatic rings. The van der Waals surface area contributed by atoms with E-state index < -0.39 is 0 Å². The van der Waals surface area contributed by atoms with Gasteiger partial charge >= 0.3 is 0 Å². The van der Waals surface area contributed by atoms with Crippen molar-refractivity contribution < 1.29 is 5.11 Å². The first-order chi connectivity index (χ1) is 10.1. The average molecular weight is 283 g/mol. The van der Waals surface area contributed by atoms with Gasteiger partial charge in [0.2, 0.25) is 0 Å². The van der Waals surface area contributed by atoms with Gasteiger partial charge in [-0.05, 0) is 29.5 Å². The van der Waals surface area contributed by atoms with Crippen molar-refractivity contribution in [1.29, 1.82) is 0 Å². The van der Waals surface area contributed by atoms with Gasteiger partial charge in [0.1, 0.15) is 0 Å². The molecule has 2 rings (SSSR count). The number of benzene rings is 2. The van der Waals surface area contributed by atoms with Crippen LogP contribution < -0.4 is 5.32 Å². The molecule has 2 atom stereocenters. The second kappa shape index (κ2) is 7.39. The Hall–Kier alpha value is -1.64. The minimum absolute atomic E-state index is 0.0785. The van der Waals surface area contributed by atoms with Gasteiger partial charge in [-0.3, -0.25) is 0 Å². The van der Waals surface area contributed by atoms with E-state index in [1.54, 1.807) is 0 Å². The smallest absolute Gasteiger partial charge is 0.0587 e. The van der Waals surface area contributed by atoms with Gasteiger partial charge in [0.25, 0.3) is 0 Å². The van der Waals surface area contributed by atoms with E-state index in [4.69, 9.17) is 0 Å². The molecular formula is C19H25NO. The molecule has 2 nitrogen and oxygen atoms in total. The third-order valence-electron chi connectivity index (χ3n) is 4.01. The zero-order valence-electron chi connectivity index (χ0n) is 13.1. The Morgan fingerprint density at radius 3 is 2.14 bits per heavy atom. The normalized spacial score (nSPS) is 14.1. The van der Waals surface area contributed by atoms with Gasteiger partial charge in [-0.25, -0.2) is 0 Å². The van der Waals surface area contributed by atoms with Crippen molar-refractivity contribution in [2.75, 3.05) is 6.61 Å². The molecule has 0 fully saturated rings. The van der Waals surface area contributed by atoms with Gasteiger partial charge in [-0.1, -0.05) is 68.4 Å². The van der Waals surface area contributed by atoms with Crippen molar-refractivity contribution in [3.05, 3.63) is 71.3 Å². The van der Waals surface area contributed by atoms with Crippen molar-refractivity contribution >= 4 is 0 Å². The third kappa shape index (κ3) is 3.93. The molecule has 0 radical (unpaired) electrons. The Morgan fingerprint density at radius 2 is 1.57 bits per heavy atom. The van der Waals surface area contributed by atoms with Crippen LogP contribution >= 0.6 is 0 Å². The first-order valence-electron chi connectivity index (χ1n) is 7.61. The van der Waals surface area contributed by atoms with Crippen LogP contribution in [0.15, 0.2) is 54.6 Å². The summed E-state index contributed by atoms with van der Waals surface area (Å²) in [6, 6.07) is 19.0. The van der Waals surface area contributed by atoms with E-state index in [-0.39, 0.29) is 18.7 Å². The first kappa shape index (κ1) is 15.7. The monoisotopic (exact) mass is 283 g/mol. The molecule has 0 aliphatic carbocycles. The molecule has 0 amide bonds. The van der Waals surface area contributed by atoms with Crippen LogP contribution in [0.4, 0.5) is 0 Å². The van der Waals surface area contributed by atoms with E-state index in [0.717, 1.165) is 0 Å². The highest BCUT2D eigenvalue weighted by Gasteiger charge is 2.21. The summed E-state index contributed by atoms with van der Waals surface area (Å²) in [4.78, 5) is 0. The van der Waals surface area contributed by atoms with Crippen molar-refractivity contribution in [2.45, 2.75) is 32.9 Å². The van der Waals surface area contributed by atoms with Gasteiger partial charge in [0.05, 0.1) is 12.6 Å². The molecule has 2 heteroatoms. The van der Waals surface area contributed by atoms with Gasteiger partial charge in [0.15, 0.2) is 0 Å². The van der Waals surface area contributed by atoms with Crippen LogP contribution in [0.5, 0.6) is 0 Å². The van der Waals surface area contributed by atoms with Crippen LogP contribution in [0.2, 0.25) is 0 Å². The highest BCUT2D eigenvalue weighted by molar-refractivity contribution is 5.36. The molecule has 0 aliphatic rings. The van der Waals surface area contributed by atoms with Gasteiger partial charge in [0, 0.05) is 6.04 Å². The third-order valence-corrected chi connectivity index (χ3v) is 4.01. The molecule has 0 saturated heterocycles. The van der Waals surface area contributed by atoms with Crippen molar-refractivity contribution in [3.63, 3.8) is 0 Å². The number of rotatable bonds is 6. The minimum atomic E-state index is 0.0785. The first-order valence-corrected chi connectivity index (χ1v) is 7.61. The summed E-state index contributed by atoms with van der Waals surface area (Å²) in [7, 11) is 0. The lowest BCUT2D eigenvalue weighted by Crippen LogP contribution is -2.40. The summed E-state index contributed by atoms with van der Waals surface area (Å²) in [5.41, 5.74) is 3.76. The minimum Gasteiger partial charge on any atom is -0.395 e. The maximum atomic E-state index is 9.65. The molecule has 1 unspecified atom stereocenters. The van der Waals surface area contributed by atoms with Crippen LogP contribution in [0.1, 0.15) is 36.6 Å². The average Bonchev–Trinajstić information content (AvgIpc) is 2.50. The van der Waals surface area contributed by atoms with E-state index in [9.17, 15) is 5.11 Å². The Labute approximate surface area is 127 Å². The van der Waals surface area contributed by atoms with Crippen molar-refractivity contribution in [1.82, 2.24) is 5.32 Å². The van der Waals surface area contributed by atoms with Crippen LogP contribution in [0.3, 0.4) is 0 Å². The van der Waals surface area contributed by atoms with Crippen molar-refractivity contribution in [2.24, 2.45) is 5.92 Å². The quantitative estimate of drug-likeness (QED) is 0.847. The van der Waals surface area contributed by atoms with Crippen molar-refractivity contribution in [3.8, 4) is 0 Å². The second-order valence-corrected chi connectivity index (χ2v) is 5.90. The molecule has 112 valence electrons. The summed E-state index contributed by atoms with van der Waals surface area (Å²) >= 11 is 0. The lowest BCUT2D eigenvalue weighted by atomic mass is 9.93.